The number of hydrogen-bond donors (Lipinski definition) is 3. The van der Waals surface area contributed by atoms with Crippen molar-refractivity contribution in [3.8, 4) is 5.75 Å². The molecule has 0 saturated carbocycles. The van der Waals surface area contributed by atoms with Crippen LogP contribution >= 0.6 is 11.6 Å². The van der Waals surface area contributed by atoms with Gasteiger partial charge in [0, 0.05) is 55.7 Å². The Morgan fingerprint density at radius 3 is 2.47 bits per heavy atom. The lowest BCUT2D eigenvalue weighted by Crippen LogP contribution is -2.56. The fraction of sp³-hybridized carbons (Fsp3) is 0.333. The van der Waals surface area contributed by atoms with Crippen LogP contribution in [0.3, 0.4) is 0 Å². The number of carbonyl (C=O) groups is 2. The van der Waals surface area contributed by atoms with Gasteiger partial charge in [-0.3, -0.25) is 4.79 Å². The second kappa shape index (κ2) is 13.4. The highest BCUT2D eigenvalue weighted by atomic mass is 35.5. The van der Waals surface area contributed by atoms with Gasteiger partial charge in [0.05, 0.1) is 23.5 Å². The number of hydrogen-bond acceptors (Lipinski definition) is 5. The number of H-pyrrole nitrogens is 1. The Bertz CT molecular complexity index is 1580. The first kappa shape index (κ1) is 30.3. The van der Waals surface area contributed by atoms with Gasteiger partial charge in [-0.15, -0.1) is 0 Å². The molecule has 226 valence electrons. The number of aromatic amines is 1. The highest BCUT2D eigenvalue weighted by molar-refractivity contribution is 6.33. The summed E-state index contributed by atoms with van der Waals surface area (Å²) >= 11 is 6.41. The summed E-state index contributed by atoms with van der Waals surface area (Å²) in [6.07, 6.45) is 1.92. The zero-order valence-corrected chi connectivity index (χ0v) is 25.8. The van der Waals surface area contributed by atoms with Crippen molar-refractivity contribution in [2.75, 3.05) is 57.6 Å². The minimum atomic E-state index is -0.851. The Morgan fingerprint density at radius 1 is 1.02 bits per heavy atom. The zero-order valence-electron chi connectivity index (χ0n) is 25.1. The molecular formula is C33H39ClN6O3. The molecule has 1 fully saturated rings. The molecule has 0 aliphatic carbocycles. The summed E-state index contributed by atoms with van der Waals surface area (Å²) in [6, 6.07) is 20.3. The maximum Gasteiger partial charge on any atom is 0.318 e. The van der Waals surface area contributed by atoms with Gasteiger partial charge in [0.1, 0.15) is 11.8 Å². The smallest absolute Gasteiger partial charge is 0.318 e. The Morgan fingerprint density at radius 2 is 1.74 bits per heavy atom. The minimum absolute atomic E-state index is 0.279. The van der Waals surface area contributed by atoms with Crippen molar-refractivity contribution in [2.24, 2.45) is 0 Å². The summed E-state index contributed by atoms with van der Waals surface area (Å²) in [5.74, 6) is -0.0991. The van der Waals surface area contributed by atoms with Gasteiger partial charge in [-0.2, -0.15) is 0 Å². The normalized spacial score (nSPS) is 14.9. The number of nitrogens with zero attached hydrogens (tertiary/aromatic N) is 3. The summed E-state index contributed by atoms with van der Waals surface area (Å²) in [5.41, 5.74) is 4.48. The van der Waals surface area contributed by atoms with Crippen molar-refractivity contribution in [2.45, 2.75) is 25.4 Å². The van der Waals surface area contributed by atoms with E-state index in [-0.39, 0.29) is 17.9 Å². The van der Waals surface area contributed by atoms with E-state index in [0.717, 1.165) is 27.7 Å². The van der Waals surface area contributed by atoms with Crippen LogP contribution in [0.1, 0.15) is 24.0 Å². The third-order valence-corrected chi connectivity index (χ3v) is 8.27. The van der Waals surface area contributed by atoms with E-state index in [1.165, 1.54) is 0 Å². The van der Waals surface area contributed by atoms with E-state index in [2.05, 4.69) is 25.4 Å². The minimum Gasteiger partial charge on any atom is -0.495 e. The van der Waals surface area contributed by atoms with Gasteiger partial charge >= 0.3 is 6.03 Å². The summed E-state index contributed by atoms with van der Waals surface area (Å²) in [7, 11) is 5.56. The van der Waals surface area contributed by atoms with Crippen molar-refractivity contribution in [3.63, 3.8) is 0 Å². The quantitative estimate of drug-likeness (QED) is 0.234. The lowest BCUT2D eigenvalue weighted by molar-refractivity contribution is -0.118. The van der Waals surface area contributed by atoms with Crippen molar-refractivity contribution in [3.05, 3.63) is 89.1 Å². The summed E-state index contributed by atoms with van der Waals surface area (Å²) < 4.78 is 5.56. The standard InChI is InChI=1S/C33H39ClN6O3/c1-22(25-20-35-27-11-7-5-9-24(25)27)31(32(41)36-28-19-23(21-38(2)3)13-14-30(28)43-4)37-33(42)40-17-15-39(16-18-40)29-12-8-6-10-26(29)34/h5-14,19-20,22,31,35H,15-18,21H2,1-4H3,(H,36,41)(H,37,42)/t22-,31+/m0/s1. The Hall–Kier alpha value is -4.21. The number of ether oxygens (including phenoxy) is 1. The van der Waals surface area contributed by atoms with Gasteiger partial charge in [0.25, 0.3) is 0 Å². The van der Waals surface area contributed by atoms with E-state index in [1.54, 1.807) is 12.0 Å². The molecule has 3 aromatic carbocycles. The average Bonchev–Trinajstić information content (AvgIpc) is 3.44. The number of urea groups is 1. The maximum absolute atomic E-state index is 14.0. The Balaban J connectivity index is 1.37. The van der Waals surface area contributed by atoms with E-state index in [9.17, 15) is 9.59 Å². The topological polar surface area (TPSA) is 92.9 Å². The summed E-state index contributed by atoms with van der Waals surface area (Å²) in [5, 5.41) is 7.84. The van der Waals surface area contributed by atoms with Crippen LogP contribution in [-0.2, 0) is 11.3 Å². The highest BCUT2D eigenvalue weighted by Crippen LogP contribution is 2.31. The molecule has 1 aliphatic heterocycles. The summed E-state index contributed by atoms with van der Waals surface area (Å²) in [6.45, 7) is 4.97. The van der Waals surface area contributed by atoms with E-state index in [4.69, 9.17) is 16.3 Å². The van der Waals surface area contributed by atoms with E-state index >= 15 is 0 Å². The highest BCUT2D eigenvalue weighted by Gasteiger charge is 2.32. The lowest BCUT2D eigenvalue weighted by Gasteiger charge is -2.37. The van der Waals surface area contributed by atoms with Crippen molar-refractivity contribution in [1.29, 1.82) is 0 Å². The number of para-hydroxylation sites is 2. The maximum atomic E-state index is 14.0. The number of fused-ring (bicyclic) bond motifs is 1. The van der Waals surface area contributed by atoms with Crippen molar-refractivity contribution >= 4 is 45.8 Å². The second-order valence-corrected chi connectivity index (χ2v) is 11.6. The molecule has 9 nitrogen and oxygen atoms in total. The number of anilines is 2. The van der Waals surface area contributed by atoms with Crippen molar-refractivity contribution in [1.82, 2.24) is 20.1 Å². The molecule has 0 spiro atoms. The largest absolute Gasteiger partial charge is 0.495 e. The number of nitrogens with one attached hydrogen (secondary N) is 3. The Kier molecular flexibility index (Phi) is 9.43. The van der Waals surface area contributed by atoms with Crippen LogP contribution in [0.2, 0.25) is 5.02 Å². The molecule has 10 heteroatoms. The fourth-order valence-corrected chi connectivity index (χ4v) is 5.93. The Labute approximate surface area is 257 Å². The predicted molar refractivity (Wildman–Crippen MR) is 173 cm³/mol. The number of benzene rings is 3. The average molecular weight is 603 g/mol. The first-order valence-corrected chi connectivity index (χ1v) is 14.9. The van der Waals surface area contributed by atoms with Gasteiger partial charge in [-0.1, -0.05) is 54.9 Å². The zero-order chi connectivity index (χ0) is 30.5. The van der Waals surface area contributed by atoms with Crippen LogP contribution in [0.5, 0.6) is 5.75 Å². The van der Waals surface area contributed by atoms with Crippen LogP contribution in [0.4, 0.5) is 16.2 Å². The number of piperazine rings is 1. The van der Waals surface area contributed by atoms with Crippen LogP contribution in [-0.4, -0.2) is 80.1 Å². The van der Waals surface area contributed by atoms with Crippen LogP contribution in [0.15, 0.2) is 72.9 Å². The number of aromatic nitrogens is 1. The molecule has 3 amide bonds. The molecule has 43 heavy (non-hydrogen) atoms. The lowest BCUT2D eigenvalue weighted by atomic mass is 9.92. The molecule has 1 saturated heterocycles. The van der Waals surface area contributed by atoms with Gasteiger partial charge in [0.2, 0.25) is 5.91 Å². The van der Waals surface area contributed by atoms with Gasteiger partial charge in [-0.25, -0.2) is 4.79 Å². The SMILES string of the molecule is COc1ccc(CN(C)C)cc1NC(=O)[C@H](NC(=O)N1CCN(c2ccccc2Cl)CC1)[C@@H](C)c1c[nH]c2ccccc12. The summed E-state index contributed by atoms with van der Waals surface area (Å²) in [4.78, 5) is 37.0. The van der Waals surface area contributed by atoms with E-state index in [1.807, 2.05) is 93.9 Å². The van der Waals surface area contributed by atoms with Gasteiger partial charge in [-0.05, 0) is 55.6 Å². The molecule has 0 unspecified atom stereocenters. The number of rotatable bonds is 9. The predicted octanol–water partition coefficient (Wildman–Crippen LogP) is 5.53. The number of carbonyl (C=O) groups excluding carboxylic acids is 2. The molecular weight excluding hydrogens is 564 g/mol. The first-order valence-electron chi connectivity index (χ1n) is 14.5. The molecule has 0 radical (unpaired) electrons. The molecule has 4 aromatic rings. The molecule has 2 atom stereocenters. The van der Waals surface area contributed by atoms with Gasteiger partial charge in [0.15, 0.2) is 0 Å². The molecule has 2 heterocycles. The number of halogens is 1. The van der Waals surface area contributed by atoms with Gasteiger partial charge < -0.3 is 35.1 Å². The third kappa shape index (κ3) is 6.89. The molecule has 0 bridgehead atoms. The molecule has 1 aliphatic rings. The first-order chi connectivity index (χ1) is 20.7. The van der Waals surface area contributed by atoms with E-state index < -0.39 is 6.04 Å². The molecule has 3 N–H and O–H groups in total. The van der Waals surface area contributed by atoms with Crippen LogP contribution in [0, 0.1) is 0 Å². The van der Waals surface area contributed by atoms with Crippen LogP contribution < -0.4 is 20.3 Å². The second-order valence-electron chi connectivity index (χ2n) is 11.2. The third-order valence-electron chi connectivity index (χ3n) is 7.95. The molecule has 5 rings (SSSR count). The monoisotopic (exact) mass is 602 g/mol. The fourth-order valence-electron chi connectivity index (χ4n) is 5.68. The molecule has 1 aromatic heterocycles. The number of amides is 3. The van der Waals surface area contributed by atoms with Crippen molar-refractivity contribution < 1.29 is 14.3 Å². The van der Waals surface area contributed by atoms with E-state index in [0.29, 0.717) is 49.2 Å². The number of methoxy groups -OCH3 is 1. The van der Waals surface area contributed by atoms with Crippen LogP contribution in [0.25, 0.3) is 10.9 Å².